The molecule has 1 aromatic carbocycles. The third-order valence-electron chi connectivity index (χ3n) is 2.72. The van der Waals surface area contributed by atoms with Gasteiger partial charge in [-0.15, -0.1) is 0 Å². The van der Waals surface area contributed by atoms with Gasteiger partial charge in [0.05, 0.1) is 11.4 Å². The van der Waals surface area contributed by atoms with Crippen LogP contribution in [0.5, 0.6) is 0 Å². The van der Waals surface area contributed by atoms with Crippen LogP contribution in [0.3, 0.4) is 0 Å². The van der Waals surface area contributed by atoms with Crippen molar-refractivity contribution in [3.63, 3.8) is 0 Å². The first kappa shape index (κ1) is 10.8. The number of fused-ring (bicyclic) bond motifs is 1. The maximum Gasteiger partial charge on any atom is 0.321 e. The molecule has 1 aliphatic rings. The fraction of sp³-hybridized carbons (Fsp3) is 0.417. The zero-order valence-corrected chi connectivity index (χ0v) is 9.71. The molecule has 0 aliphatic carbocycles. The number of anilines is 2. The van der Waals surface area contributed by atoms with E-state index in [9.17, 15) is 4.79 Å². The smallest absolute Gasteiger partial charge is 0.321 e. The molecule has 0 unspecified atom stereocenters. The Morgan fingerprint density at radius 2 is 2.25 bits per heavy atom. The van der Waals surface area contributed by atoms with Gasteiger partial charge in [-0.05, 0) is 24.5 Å². The van der Waals surface area contributed by atoms with Crippen molar-refractivity contribution >= 4 is 17.4 Å². The Labute approximate surface area is 95.6 Å². The molecule has 0 spiro atoms. The number of urea groups is 1. The quantitative estimate of drug-likeness (QED) is 0.760. The molecule has 4 nitrogen and oxygen atoms in total. The molecule has 1 aromatic rings. The van der Waals surface area contributed by atoms with E-state index in [0.29, 0.717) is 0 Å². The molecule has 16 heavy (non-hydrogen) atoms. The summed E-state index contributed by atoms with van der Waals surface area (Å²) in [7, 11) is 3.47. The van der Waals surface area contributed by atoms with Crippen LogP contribution in [0.1, 0.15) is 12.0 Å². The molecule has 86 valence electrons. The molecule has 0 radical (unpaired) electrons. The molecule has 1 heterocycles. The molecule has 0 saturated carbocycles. The van der Waals surface area contributed by atoms with Crippen LogP contribution in [-0.4, -0.2) is 31.6 Å². The van der Waals surface area contributed by atoms with Gasteiger partial charge < -0.3 is 15.5 Å². The molecular formula is C12H17N3O. The van der Waals surface area contributed by atoms with E-state index >= 15 is 0 Å². The van der Waals surface area contributed by atoms with Crippen LogP contribution in [0.25, 0.3) is 0 Å². The molecule has 0 aromatic heterocycles. The van der Waals surface area contributed by atoms with Gasteiger partial charge >= 0.3 is 6.03 Å². The van der Waals surface area contributed by atoms with Crippen LogP contribution >= 0.6 is 0 Å². The summed E-state index contributed by atoms with van der Waals surface area (Å²) in [4.78, 5) is 13.1. The second kappa shape index (κ2) is 4.43. The first-order valence-electron chi connectivity index (χ1n) is 5.52. The molecule has 1 aliphatic heterocycles. The van der Waals surface area contributed by atoms with Crippen LogP contribution in [0.2, 0.25) is 0 Å². The van der Waals surface area contributed by atoms with E-state index in [4.69, 9.17) is 0 Å². The predicted octanol–water partition coefficient (Wildman–Crippen LogP) is 2.14. The number of nitrogens with zero attached hydrogens (tertiary/aromatic N) is 1. The van der Waals surface area contributed by atoms with Crippen molar-refractivity contribution < 1.29 is 4.79 Å². The largest absolute Gasteiger partial charge is 0.383 e. The van der Waals surface area contributed by atoms with Crippen molar-refractivity contribution in [3.05, 3.63) is 23.8 Å². The van der Waals surface area contributed by atoms with Gasteiger partial charge in [0, 0.05) is 20.6 Å². The number of benzene rings is 1. The zero-order valence-electron chi connectivity index (χ0n) is 9.71. The number of rotatable bonds is 1. The molecule has 2 N–H and O–H groups in total. The van der Waals surface area contributed by atoms with Crippen molar-refractivity contribution in [1.82, 2.24) is 4.90 Å². The number of amides is 2. The number of hydrogen-bond donors (Lipinski definition) is 2. The molecule has 0 atom stereocenters. The van der Waals surface area contributed by atoms with Gasteiger partial charge in [0.25, 0.3) is 0 Å². The third kappa shape index (κ3) is 2.10. The van der Waals surface area contributed by atoms with Gasteiger partial charge in [-0.2, -0.15) is 0 Å². The van der Waals surface area contributed by atoms with Crippen LogP contribution in [0.4, 0.5) is 16.2 Å². The first-order chi connectivity index (χ1) is 7.68. The fourth-order valence-corrected chi connectivity index (χ4v) is 1.84. The highest BCUT2D eigenvalue weighted by Crippen LogP contribution is 2.30. The van der Waals surface area contributed by atoms with Gasteiger partial charge in [-0.1, -0.05) is 12.1 Å². The van der Waals surface area contributed by atoms with Gasteiger partial charge in [-0.25, -0.2) is 4.79 Å². The highest BCUT2D eigenvalue weighted by molar-refractivity contribution is 5.93. The van der Waals surface area contributed by atoms with Crippen molar-refractivity contribution in [3.8, 4) is 0 Å². The van der Waals surface area contributed by atoms with E-state index in [-0.39, 0.29) is 6.03 Å². The first-order valence-corrected chi connectivity index (χ1v) is 5.52. The minimum absolute atomic E-state index is 0.0965. The van der Waals surface area contributed by atoms with Crippen molar-refractivity contribution in [1.29, 1.82) is 0 Å². The summed E-state index contributed by atoms with van der Waals surface area (Å²) in [5.41, 5.74) is 3.22. The predicted molar refractivity (Wildman–Crippen MR) is 66.0 cm³/mol. The number of nitrogens with one attached hydrogen (secondary N) is 2. The third-order valence-corrected chi connectivity index (χ3v) is 2.72. The topological polar surface area (TPSA) is 44.4 Å². The zero-order chi connectivity index (χ0) is 11.5. The maximum atomic E-state index is 11.6. The Balaban J connectivity index is 2.24. The van der Waals surface area contributed by atoms with Crippen molar-refractivity contribution in [2.75, 3.05) is 31.3 Å². The number of carbonyl (C=O) groups excluding carboxylic acids is 1. The molecular weight excluding hydrogens is 202 g/mol. The Bertz CT molecular complexity index is 401. The number of carbonyl (C=O) groups is 1. The lowest BCUT2D eigenvalue weighted by Gasteiger charge is -2.22. The van der Waals surface area contributed by atoms with Gasteiger partial charge in [-0.3, -0.25) is 0 Å². The number of hydrogen-bond acceptors (Lipinski definition) is 2. The molecule has 0 bridgehead atoms. The SMILES string of the molecule is CN(C)C(=O)Nc1cccc2c1NCCC2. The van der Waals surface area contributed by atoms with Gasteiger partial charge in [0.1, 0.15) is 0 Å². The number of aryl methyl sites for hydroxylation is 1. The van der Waals surface area contributed by atoms with E-state index in [0.717, 1.165) is 30.8 Å². The summed E-state index contributed by atoms with van der Waals surface area (Å²) >= 11 is 0. The normalized spacial score (nSPS) is 13.6. The molecule has 2 rings (SSSR count). The second-order valence-corrected chi connectivity index (χ2v) is 4.19. The standard InChI is InChI=1S/C12H17N3O/c1-15(2)12(16)14-10-7-3-5-9-6-4-8-13-11(9)10/h3,5,7,13H,4,6,8H2,1-2H3,(H,14,16). The molecule has 0 fully saturated rings. The minimum atomic E-state index is -0.0965. The minimum Gasteiger partial charge on any atom is -0.383 e. The second-order valence-electron chi connectivity index (χ2n) is 4.19. The van der Waals surface area contributed by atoms with Crippen LogP contribution in [0.15, 0.2) is 18.2 Å². The van der Waals surface area contributed by atoms with Crippen LogP contribution < -0.4 is 10.6 Å². The molecule has 4 heteroatoms. The summed E-state index contributed by atoms with van der Waals surface area (Å²) in [5, 5.41) is 6.24. The molecule has 0 saturated heterocycles. The van der Waals surface area contributed by atoms with Gasteiger partial charge in [0.2, 0.25) is 0 Å². The molecule has 2 amide bonds. The monoisotopic (exact) mass is 219 g/mol. The van der Waals surface area contributed by atoms with Crippen molar-refractivity contribution in [2.45, 2.75) is 12.8 Å². The average molecular weight is 219 g/mol. The van der Waals surface area contributed by atoms with Crippen LogP contribution in [0, 0.1) is 0 Å². The highest BCUT2D eigenvalue weighted by Gasteiger charge is 2.14. The average Bonchev–Trinajstić information content (AvgIpc) is 2.29. The lowest BCUT2D eigenvalue weighted by atomic mass is 10.0. The van der Waals surface area contributed by atoms with Crippen molar-refractivity contribution in [2.24, 2.45) is 0 Å². The fourth-order valence-electron chi connectivity index (χ4n) is 1.84. The summed E-state index contributed by atoms with van der Waals surface area (Å²) in [5.74, 6) is 0. The summed E-state index contributed by atoms with van der Waals surface area (Å²) in [6.45, 7) is 0.974. The Kier molecular flexibility index (Phi) is 2.99. The Hall–Kier alpha value is -1.71. The highest BCUT2D eigenvalue weighted by atomic mass is 16.2. The van der Waals surface area contributed by atoms with E-state index in [1.165, 1.54) is 10.5 Å². The maximum absolute atomic E-state index is 11.6. The lowest BCUT2D eigenvalue weighted by Crippen LogP contribution is -2.28. The van der Waals surface area contributed by atoms with E-state index < -0.39 is 0 Å². The number of para-hydroxylation sites is 1. The Morgan fingerprint density at radius 3 is 3.00 bits per heavy atom. The van der Waals surface area contributed by atoms with Crippen LogP contribution in [-0.2, 0) is 6.42 Å². The summed E-state index contributed by atoms with van der Waals surface area (Å²) in [6.07, 6.45) is 2.23. The van der Waals surface area contributed by atoms with E-state index in [2.05, 4.69) is 16.7 Å². The Morgan fingerprint density at radius 1 is 1.44 bits per heavy atom. The van der Waals surface area contributed by atoms with Gasteiger partial charge in [0.15, 0.2) is 0 Å². The summed E-state index contributed by atoms with van der Waals surface area (Å²) in [6, 6.07) is 5.92. The van der Waals surface area contributed by atoms with E-state index in [1.54, 1.807) is 14.1 Å². The lowest BCUT2D eigenvalue weighted by molar-refractivity contribution is 0.230. The van der Waals surface area contributed by atoms with E-state index in [1.807, 2.05) is 12.1 Å². The summed E-state index contributed by atoms with van der Waals surface area (Å²) < 4.78 is 0.